The Morgan fingerprint density at radius 1 is 0.886 bits per heavy atom. The lowest BCUT2D eigenvalue weighted by atomic mass is 10.1. The van der Waals surface area contributed by atoms with Crippen molar-refractivity contribution in [1.29, 1.82) is 0 Å². The molecule has 2 aromatic heterocycles. The second-order valence-corrected chi connectivity index (χ2v) is 9.11. The first-order valence-corrected chi connectivity index (χ1v) is 11.1. The molecule has 0 aliphatic carbocycles. The number of anilines is 1. The zero-order valence-corrected chi connectivity index (χ0v) is 18.3. The highest BCUT2D eigenvalue weighted by atomic mass is 32.2. The van der Waals surface area contributed by atoms with Gasteiger partial charge >= 0.3 is 12.4 Å². The summed E-state index contributed by atoms with van der Waals surface area (Å²) in [6.07, 6.45) is -8.43. The molecule has 0 aliphatic heterocycles. The van der Waals surface area contributed by atoms with Crippen LogP contribution in [-0.4, -0.2) is 22.8 Å². The maximum Gasteiger partial charge on any atom is 0.435 e. The van der Waals surface area contributed by atoms with Crippen LogP contribution in [0.4, 0.5) is 32.0 Å². The van der Waals surface area contributed by atoms with Crippen molar-refractivity contribution < 1.29 is 34.8 Å². The van der Waals surface area contributed by atoms with Gasteiger partial charge in [-0.15, -0.1) is 0 Å². The van der Waals surface area contributed by atoms with Gasteiger partial charge in [0.25, 0.3) is 15.6 Å². The Bertz CT molecular complexity index is 1590. The van der Waals surface area contributed by atoms with Gasteiger partial charge in [0.15, 0.2) is 5.69 Å². The fourth-order valence-corrected chi connectivity index (χ4v) is 4.44. The molecule has 0 amide bonds. The summed E-state index contributed by atoms with van der Waals surface area (Å²) in [6, 6.07) is 9.27. The molecule has 0 fully saturated rings. The Kier molecular flexibility index (Phi) is 5.66. The first kappa shape index (κ1) is 24.3. The highest BCUT2D eigenvalue weighted by Gasteiger charge is 2.35. The monoisotopic (exact) mass is 516 g/mol. The standard InChI is InChI=1S/C21H14F6N4O3S/c1-30-17-7-6-14(10-15(17)16(11-19(30)32)20(22,23)24)35(33,34)29-12-2-4-13(5-3-12)31-9-8-18(28-31)21(25,26)27/h2-11,29H,1H3. The van der Waals surface area contributed by atoms with Gasteiger partial charge in [0.05, 0.1) is 21.7 Å². The Labute approximate surface area is 193 Å². The summed E-state index contributed by atoms with van der Waals surface area (Å²) in [5.74, 6) is 0. The first-order chi connectivity index (χ1) is 16.2. The van der Waals surface area contributed by atoms with Crippen molar-refractivity contribution >= 4 is 26.6 Å². The number of rotatable bonds is 4. The summed E-state index contributed by atoms with van der Waals surface area (Å²) < 4.78 is 108. The molecule has 0 atom stereocenters. The van der Waals surface area contributed by atoms with E-state index in [2.05, 4.69) is 9.82 Å². The van der Waals surface area contributed by atoms with Crippen molar-refractivity contribution in [3.63, 3.8) is 0 Å². The second-order valence-electron chi connectivity index (χ2n) is 7.43. The number of alkyl halides is 6. The molecule has 0 bridgehead atoms. The number of aromatic nitrogens is 3. The van der Waals surface area contributed by atoms with Gasteiger partial charge in [-0.05, 0) is 48.5 Å². The van der Waals surface area contributed by atoms with Crippen LogP contribution in [0.2, 0.25) is 0 Å². The highest BCUT2D eigenvalue weighted by Crippen LogP contribution is 2.35. The number of fused-ring (bicyclic) bond motifs is 1. The molecule has 1 N–H and O–H groups in total. The summed E-state index contributed by atoms with van der Waals surface area (Å²) in [5, 5.41) is 2.94. The molecule has 35 heavy (non-hydrogen) atoms. The van der Waals surface area contributed by atoms with Crippen LogP contribution in [0, 0.1) is 0 Å². The molecule has 2 aromatic carbocycles. The molecular weight excluding hydrogens is 502 g/mol. The average Bonchev–Trinajstić information content (AvgIpc) is 3.26. The number of halogens is 6. The largest absolute Gasteiger partial charge is 0.435 e. The van der Waals surface area contributed by atoms with Crippen LogP contribution in [0.15, 0.2) is 70.5 Å². The predicted octanol–water partition coefficient (Wildman–Crippen LogP) is 4.56. The molecule has 4 aromatic rings. The summed E-state index contributed by atoms with van der Waals surface area (Å²) in [7, 11) is -3.10. The van der Waals surface area contributed by atoms with Crippen molar-refractivity contribution in [3.05, 3.63) is 82.4 Å². The zero-order chi connectivity index (χ0) is 25.8. The Morgan fingerprint density at radius 2 is 1.54 bits per heavy atom. The zero-order valence-electron chi connectivity index (χ0n) is 17.5. The summed E-state index contributed by atoms with van der Waals surface area (Å²) in [4.78, 5) is 11.4. The number of pyridine rings is 1. The van der Waals surface area contributed by atoms with Crippen molar-refractivity contribution in [3.8, 4) is 5.69 Å². The third-order valence-electron chi connectivity index (χ3n) is 5.10. The summed E-state index contributed by atoms with van der Waals surface area (Å²) in [6.45, 7) is 0. The van der Waals surface area contributed by atoms with Crippen LogP contribution in [0.1, 0.15) is 11.3 Å². The number of nitrogens with one attached hydrogen (secondary N) is 1. The normalized spacial score (nSPS) is 12.8. The van der Waals surface area contributed by atoms with Gasteiger partial charge in [0.1, 0.15) is 0 Å². The lowest BCUT2D eigenvalue weighted by molar-refractivity contribution is -0.141. The van der Waals surface area contributed by atoms with Crippen LogP contribution in [0.25, 0.3) is 16.6 Å². The number of hydrogen-bond donors (Lipinski definition) is 1. The minimum Gasteiger partial charge on any atom is -0.311 e. The molecule has 4 rings (SSSR count). The molecule has 0 radical (unpaired) electrons. The van der Waals surface area contributed by atoms with Crippen LogP contribution >= 0.6 is 0 Å². The minimum absolute atomic E-state index is 0.00792. The van der Waals surface area contributed by atoms with Gasteiger partial charge in [0.2, 0.25) is 0 Å². The lowest BCUT2D eigenvalue weighted by Crippen LogP contribution is -2.21. The molecule has 2 heterocycles. The third-order valence-corrected chi connectivity index (χ3v) is 6.48. The van der Waals surface area contributed by atoms with Crippen LogP contribution < -0.4 is 10.3 Å². The van der Waals surface area contributed by atoms with E-state index in [1.165, 1.54) is 31.3 Å². The Hall–Kier alpha value is -3.81. The molecule has 0 unspecified atom stereocenters. The van der Waals surface area contributed by atoms with E-state index >= 15 is 0 Å². The highest BCUT2D eigenvalue weighted by molar-refractivity contribution is 7.92. The van der Waals surface area contributed by atoms with Crippen LogP contribution in [0.5, 0.6) is 0 Å². The van der Waals surface area contributed by atoms with Gasteiger partial charge in [-0.3, -0.25) is 9.52 Å². The average molecular weight is 516 g/mol. The molecule has 0 saturated heterocycles. The second kappa shape index (κ2) is 8.15. The fraction of sp³-hybridized carbons (Fsp3) is 0.143. The number of sulfonamides is 1. The molecule has 184 valence electrons. The maximum absolute atomic E-state index is 13.5. The third kappa shape index (κ3) is 4.73. The summed E-state index contributed by atoms with van der Waals surface area (Å²) in [5.41, 5.74) is -3.16. The maximum atomic E-state index is 13.5. The van der Waals surface area contributed by atoms with E-state index in [0.717, 1.165) is 39.7 Å². The number of nitrogens with zero attached hydrogens (tertiary/aromatic N) is 3. The minimum atomic E-state index is -4.89. The number of hydrogen-bond acceptors (Lipinski definition) is 4. The molecular formula is C21H14F6N4O3S. The van der Waals surface area contributed by atoms with Gasteiger partial charge < -0.3 is 4.57 Å². The summed E-state index contributed by atoms with van der Waals surface area (Å²) >= 11 is 0. The van der Waals surface area contributed by atoms with Gasteiger partial charge in [-0.2, -0.15) is 31.4 Å². The van der Waals surface area contributed by atoms with E-state index in [1.807, 2.05) is 0 Å². The van der Waals surface area contributed by atoms with Crippen molar-refractivity contribution in [1.82, 2.24) is 14.3 Å². The Balaban J connectivity index is 1.66. The topological polar surface area (TPSA) is 86.0 Å². The number of benzene rings is 2. The van der Waals surface area contributed by atoms with Crippen molar-refractivity contribution in [2.75, 3.05) is 4.72 Å². The van der Waals surface area contributed by atoms with E-state index in [9.17, 15) is 39.6 Å². The van der Waals surface area contributed by atoms with Gasteiger partial charge in [-0.1, -0.05) is 0 Å². The molecule has 0 spiro atoms. The van der Waals surface area contributed by atoms with Crippen molar-refractivity contribution in [2.45, 2.75) is 17.2 Å². The number of aryl methyl sites for hydroxylation is 1. The van der Waals surface area contributed by atoms with E-state index in [0.29, 0.717) is 6.07 Å². The van der Waals surface area contributed by atoms with E-state index in [4.69, 9.17) is 0 Å². The molecule has 0 saturated carbocycles. The molecule has 0 aliphatic rings. The first-order valence-electron chi connectivity index (χ1n) is 9.64. The molecule has 14 heteroatoms. The molecule has 7 nitrogen and oxygen atoms in total. The SMILES string of the molecule is Cn1c(=O)cc(C(F)(F)F)c2cc(S(=O)(=O)Nc3ccc(-n4ccc(C(F)(F)F)n4)cc3)ccc21. The van der Waals surface area contributed by atoms with Crippen LogP contribution in [0.3, 0.4) is 0 Å². The smallest absolute Gasteiger partial charge is 0.311 e. The van der Waals surface area contributed by atoms with E-state index in [-0.39, 0.29) is 16.9 Å². The predicted molar refractivity (Wildman–Crippen MR) is 114 cm³/mol. The quantitative estimate of drug-likeness (QED) is 0.403. The van der Waals surface area contributed by atoms with Crippen molar-refractivity contribution in [2.24, 2.45) is 7.05 Å². The fourth-order valence-electron chi connectivity index (χ4n) is 3.36. The van der Waals surface area contributed by atoms with E-state index in [1.54, 1.807) is 0 Å². The van der Waals surface area contributed by atoms with Crippen LogP contribution in [-0.2, 0) is 29.4 Å². The lowest BCUT2D eigenvalue weighted by Gasteiger charge is -2.15. The Morgan fingerprint density at radius 3 is 2.11 bits per heavy atom. The van der Waals surface area contributed by atoms with Gasteiger partial charge in [-0.25, -0.2) is 13.1 Å². The van der Waals surface area contributed by atoms with Gasteiger partial charge in [0, 0.05) is 30.4 Å². The van der Waals surface area contributed by atoms with E-state index < -0.39 is 49.5 Å².